The van der Waals surface area contributed by atoms with Gasteiger partial charge in [0.05, 0.1) is 12.7 Å². The highest BCUT2D eigenvalue weighted by Gasteiger charge is 2.41. The number of hydrogen-bond donors (Lipinski definition) is 0. The van der Waals surface area contributed by atoms with Crippen molar-refractivity contribution < 1.29 is 9.53 Å². The zero-order valence-electron chi connectivity index (χ0n) is 9.47. The van der Waals surface area contributed by atoms with E-state index in [0.29, 0.717) is 17.7 Å². The first-order valence-corrected chi connectivity index (χ1v) is 8.61. The van der Waals surface area contributed by atoms with Crippen molar-refractivity contribution in [1.29, 1.82) is 0 Å². The number of halogens is 4. The molecule has 0 radical (unpaired) electrons. The van der Waals surface area contributed by atoms with Crippen LogP contribution in [0.3, 0.4) is 0 Å². The van der Waals surface area contributed by atoms with Crippen molar-refractivity contribution in [3.8, 4) is 5.75 Å². The van der Waals surface area contributed by atoms with Gasteiger partial charge in [-0.25, -0.2) is 0 Å². The summed E-state index contributed by atoms with van der Waals surface area (Å²) >= 11 is 14.1. The lowest BCUT2D eigenvalue weighted by atomic mass is 10.0. The summed E-state index contributed by atoms with van der Waals surface area (Å²) in [7, 11) is 1.58. The van der Waals surface area contributed by atoms with Crippen LogP contribution in [-0.4, -0.2) is 16.1 Å². The molecular formula is C12H10Br4O2. The number of carbonyl (C=O) groups is 1. The average Bonchev–Trinajstić information content (AvgIpc) is 2.42. The molecule has 0 heterocycles. The first-order valence-electron chi connectivity index (χ1n) is 5.31. The van der Waals surface area contributed by atoms with Crippen molar-refractivity contribution in [2.75, 3.05) is 7.11 Å². The Balaban J connectivity index is 2.73. The fourth-order valence-corrected chi connectivity index (χ4v) is 4.51. The Morgan fingerprint density at radius 3 is 2.67 bits per heavy atom. The molecule has 1 atom stereocenters. The number of benzene rings is 1. The summed E-state index contributed by atoms with van der Waals surface area (Å²) in [5.41, 5.74) is 1.58. The lowest BCUT2D eigenvalue weighted by Gasteiger charge is -2.18. The van der Waals surface area contributed by atoms with E-state index in [0.717, 1.165) is 16.5 Å². The molecule has 1 unspecified atom stereocenters. The Hall–Kier alpha value is 0.610. The van der Waals surface area contributed by atoms with E-state index in [4.69, 9.17) is 4.74 Å². The van der Waals surface area contributed by atoms with Gasteiger partial charge in [0, 0.05) is 9.30 Å². The Morgan fingerprint density at radius 1 is 1.39 bits per heavy atom. The highest BCUT2D eigenvalue weighted by atomic mass is 79.9. The van der Waals surface area contributed by atoms with E-state index in [9.17, 15) is 4.79 Å². The van der Waals surface area contributed by atoms with Crippen LogP contribution in [0.4, 0.5) is 0 Å². The maximum absolute atomic E-state index is 12.6. The van der Waals surface area contributed by atoms with Crippen LogP contribution in [0, 0.1) is 0 Å². The molecule has 0 saturated carbocycles. The van der Waals surface area contributed by atoms with Crippen LogP contribution in [0.2, 0.25) is 0 Å². The summed E-state index contributed by atoms with van der Waals surface area (Å²) in [6, 6.07) is 3.72. The summed E-state index contributed by atoms with van der Waals surface area (Å²) in [5.74, 6) is 0.602. The van der Waals surface area contributed by atoms with E-state index in [1.807, 2.05) is 12.1 Å². The molecule has 1 aromatic rings. The van der Waals surface area contributed by atoms with Gasteiger partial charge in [-0.1, -0.05) is 63.7 Å². The standard InChI is InChI=1S/C12H10Br4O2/c1-18-8-3-2-6(13)9-7(14)4-5-12(15,16)11(17)10(8)9/h2-3,7H,4-5H2,1H3. The third-order valence-electron chi connectivity index (χ3n) is 2.96. The molecule has 0 spiro atoms. The normalized spacial score (nSPS) is 22.3. The third-order valence-corrected chi connectivity index (χ3v) is 6.08. The fourth-order valence-electron chi connectivity index (χ4n) is 2.03. The van der Waals surface area contributed by atoms with Crippen LogP contribution in [-0.2, 0) is 0 Å². The van der Waals surface area contributed by atoms with E-state index in [2.05, 4.69) is 63.7 Å². The molecule has 0 aromatic heterocycles. The molecule has 0 saturated heterocycles. The largest absolute Gasteiger partial charge is 0.496 e. The van der Waals surface area contributed by atoms with Gasteiger partial charge in [0.2, 0.25) is 0 Å². The zero-order chi connectivity index (χ0) is 13.5. The van der Waals surface area contributed by atoms with E-state index in [-0.39, 0.29) is 10.6 Å². The molecular weight excluding hydrogens is 496 g/mol. The molecule has 2 rings (SSSR count). The summed E-state index contributed by atoms with van der Waals surface area (Å²) in [4.78, 5) is 12.7. The highest BCUT2D eigenvalue weighted by Crippen LogP contribution is 2.49. The first kappa shape index (κ1) is 15.0. The zero-order valence-corrected chi connectivity index (χ0v) is 15.8. The second kappa shape index (κ2) is 5.54. The summed E-state index contributed by atoms with van der Waals surface area (Å²) in [5, 5.41) is 0. The molecule has 2 nitrogen and oxygen atoms in total. The number of alkyl halides is 3. The predicted octanol–water partition coefficient (Wildman–Crippen LogP) is 5.36. The van der Waals surface area contributed by atoms with Crippen LogP contribution in [0.15, 0.2) is 16.6 Å². The highest BCUT2D eigenvalue weighted by molar-refractivity contribution is 9.26. The summed E-state index contributed by atoms with van der Waals surface area (Å²) < 4.78 is 5.54. The van der Waals surface area contributed by atoms with E-state index in [1.54, 1.807) is 7.11 Å². The number of fused-ring (bicyclic) bond motifs is 1. The smallest absolute Gasteiger partial charge is 0.194 e. The molecule has 6 heteroatoms. The van der Waals surface area contributed by atoms with Gasteiger partial charge in [-0.15, -0.1) is 0 Å². The van der Waals surface area contributed by atoms with Gasteiger partial charge in [0.25, 0.3) is 0 Å². The first-order chi connectivity index (χ1) is 8.38. The average molecular weight is 506 g/mol. The van der Waals surface area contributed by atoms with Crippen molar-refractivity contribution in [2.45, 2.75) is 20.9 Å². The number of hydrogen-bond acceptors (Lipinski definition) is 2. The van der Waals surface area contributed by atoms with Crippen LogP contribution < -0.4 is 4.74 Å². The molecule has 0 fully saturated rings. The molecule has 0 N–H and O–H groups in total. The minimum Gasteiger partial charge on any atom is -0.496 e. The quantitative estimate of drug-likeness (QED) is 0.380. The van der Waals surface area contributed by atoms with Gasteiger partial charge in [0.15, 0.2) is 5.78 Å². The van der Waals surface area contributed by atoms with Gasteiger partial charge in [-0.05, 0) is 30.5 Å². The lowest BCUT2D eigenvalue weighted by molar-refractivity contribution is 0.0979. The monoisotopic (exact) mass is 502 g/mol. The maximum Gasteiger partial charge on any atom is 0.194 e. The maximum atomic E-state index is 12.6. The van der Waals surface area contributed by atoms with Crippen molar-refractivity contribution in [2.24, 2.45) is 0 Å². The Morgan fingerprint density at radius 2 is 2.06 bits per heavy atom. The summed E-state index contributed by atoms with van der Waals surface area (Å²) in [6.07, 6.45) is 1.55. The molecule has 0 aliphatic heterocycles. The van der Waals surface area contributed by atoms with Gasteiger partial charge in [-0.2, -0.15) is 0 Å². The van der Waals surface area contributed by atoms with Gasteiger partial charge in [0.1, 0.15) is 8.98 Å². The number of Topliss-reactive ketones (excluding diaryl/α,β-unsaturated/α-hetero) is 1. The van der Waals surface area contributed by atoms with Gasteiger partial charge >= 0.3 is 0 Å². The van der Waals surface area contributed by atoms with E-state index in [1.165, 1.54) is 0 Å². The topological polar surface area (TPSA) is 26.3 Å². The number of carbonyl (C=O) groups excluding carboxylic acids is 1. The second-order valence-corrected chi connectivity index (χ2v) is 9.81. The SMILES string of the molecule is COc1ccc(Br)c2c1C(=O)C(Br)(Br)CCC2Br. The van der Waals surface area contributed by atoms with Crippen molar-refractivity contribution in [1.82, 2.24) is 0 Å². The van der Waals surface area contributed by atoms with Crippen LogP contribution in [0.1, 0.15) is 33.6 Å². The molecule has 1 aliphatic rings. The Bertz CT molecular complexity index is 499. The fraction of sp³-hybridized carbons (Fsp3) is 0.417. The van der Waals surface area contributed by atoms with Crippen molar-refractivity contribution in [3.05, 3.63) is 27.7 Å². The molecule has 1 aromatic carbocycles. The number of ether oxygens (including phenoxy) is 1. The molecule has 0 amide bonds. The van der Waals surface area contributed by atoms with Gasteiger partial charge in [-0.3, -0.25) is 4.79 Å². The van der Waals surface area contributed by atoms with Crippen molar-refractivity contribution >= 4 is 69.5 Å². The number of ketones is 1. The minimum absolute atomic E-state index is 0.00222. The summed E-state index contributed by atoms with van der Waals surface area (Å²) in [6.45, 7) is 0. The molecule has 98 valence electrons. The minimum atomic E-state index is -0.717. The van der Waals surface area contributed by atoms with Crippen LogP contribution in [0.25, 0.3) is 0 Å². The van der Waals surface area contributed by atoms with Gasteiger partial charge < -0.3 is 4.74 Å². The molecule has 18 heavy (non-hydrogen) atoms. The number of methoxy groups -OCH3 is 1. The second-order valence-electron chi connectivity index (χ2n) is 4.08. The third kappa shape index (κ3) is 2.58. The lowest BCUT2D eigenvalue weighted by Crippen LogP contribution is -2.24. The molecule has 1 aliphatic carbocycles. The van der Waals surface area contributed by atoms with E-state index < -0.39 is 3.23 Å². The Labute approximate surface area is 139 Å². The van der Waals surface area contributed by atoms with Crippen LogP contribution in [0.5, 0.6) is 5.75 Å². The van der Waals surface area contributed by atoms with Crippen LogP contribution >= 0.6 is 63.7 Å². The van der Waals surface area contributed by atoms with Crippen molar-refractivity contribution in [3.63, 3.8) is 0 Å². The number of rotatable bonds is 1. The van der Waals surface area contributed by atoms with E-state index >= 15 is 0 Å². The molecule has 0 bridgehead atoms. The predicted molar refractivity (Wildman–Crippen MR) is 86.5 cm³/mol. The Kier molecular flexibility index (Phi) is 4.62.